The van der Waals surface area contributed by atoms with Crippen LogP contribution in [0.3, 0.4) is 0 Å². The van der Waals surface area contributed by atoms with Crippen LogP contribution in [0.5, 0.6) is 0 Å². The molecule has 0 unspecified atom stereocenters. The summed E-state index contributed by atoms with van der Waals surface area (Å²) in [5.41, 5.74) is -1.18. The van der Waals surface area contributed by atoms with Gasteiger partial charge in [-0.1, -0.05) is 6.58 Å². The van der Waals surface area contributed by atoms with Crippen LogP contribution in [0.1, 0.15) is 12.8 Å². The summed E-state index contributed by atoms with van der Waals surface area (Å²) in [6.45, 7) is 2.65. The Morgan fingerprint density at radius 1 is 0.606 bits per heavy atom. The summed E-state index contributed by atoms with van der Waals surface area (Å²) in [7, 11) is 0.577. The van der Waals surface area contributed by atoms with Crippen molar-refractivity contribution < 1.29 is 84.2 Å². The Morgan fingerprint density at radius 2 is 0.909 bits per heavy atom. The van der Waals surface area contributed by atoms with Crippen LogP contribution in [0, 0.1) is 0 Å². The van der Waals surface area contributed by atoms with Crippen molar-refractivity contribution in [2.24, 2.45) is 0 Å². The molecule has 0 saturated heterocycles. The summed E-state index contributed by atoms with van der Waals surface area (Å²) in [4.78, 5) is 10.9. The van der Waals surface area contributed by atoms with Gasteiger partial charge >= 0.3 is 53.6 Å². The van der Waals surface area contributed by atoms with E-state index in [2.05, 4.69) is 11.3 Å². The fourth-order valence-electron chi connectivity index (χ4n) is 1.91. The van der Waals surface area contributed by atoms with Crippen LogP contribution in [0.15, 0.2) is 12.2 Å². The van der Waals surface area contributed by atoms with E-state index in [0.29, 0.717) is 7.11 Å². The Labute approximate surface area is 171 Å². The highest BCUT2D eigenvalue weighted by atomic mass is 19.4. The van der Waals surface area contributed by atoms with E-state index in [9.17, 15) is 79.4 Å². The highest BCUT2D eigenvalue weighted by Crippen LogP contribution is 2.64. The van der Waals surface area contributed by atoms with Crippen molar-refractivity contribution >= 4 is 5.97 Å². The predicted octanol–water partition coefficient (Wildman–Crippen LogP) is 6.51. The van der Waals surface area contributed by atoms with E-state index in [1.165, 1.54) is 0 Å². The number of alkyl halides is 17. The van der Waals surface area contributed by atoms with E-state index in [1.54, 1.807) is 0 Å². The standard InChI is InChI=1S/C14H9F17O2/c1-5(6(32)33-2)3-4-7(15,16)8(17,18)9(19,20)10(21,22)11(23,24)12(25,26)13(27,28)14(29,30)31/h1,3-4H2,2H3. The van der Waals surface area contributed by atoms with Gasteiger partial charge in [-0.05, 0) is 6.42 Å². The first kappa shape index (κ1) is 31.0. The molecule has 0 heterocycles. The molecule has 0 aromatic rings. The smallest absolute Gasteiger partial charge is 0.460 e. The SMILES string of the molecule is C=C(CCC(F)(F)C(F)(F)C(F)(F)C(F)(F)C(F)(F)C(F)(F)C(F)(F)C(F)(F)F)C(=O)OC. The maximum Gasteiger partial charge on any atom is 0.460 e. The fourth-order valence-corrected chi connectivity index (χ4v) is 1.91. The molecule has 0 aromatic heterocycles. The lowest BCUT2D eigenvalue weighted by atomic mass is 9.87. The lowest BCUT2D eigenvalue weighted by Gasteiger charge is -2.42. The van der Waals surface area contributed by atoms with Crippen LogP contribution in [-0.4, -0.2) is 60.7 Å². The summed E-state index contributed by atoms with van der Waals surface area (Å²) >= 11 is 0. The quantitative estimate of drug-likeness (QED) is 0.182. The zero-order chi connectivity index (χ0) is 27.3. The molecule has 0 amide bonds. The zero-order valence-corrected chi connectivity index (χ0v) is 15.4. The summed E-state index contributed by atoms with van der Waals surface area (Å²) in [5.74, 6) is -58.3. The molecule has 0 aliphatic carbocycles. The highest BCUT2D eigenvalue weighted by Gasteiger charge is 2.95. The number of esters is 1. The number of halogens is 17. The minimum Gasteiger partial charge on any atom is -0.466 e. The second kappa shape index (κ2) is 8.35. The first-order valence-electron chi connectivity index (χ1n) is 7.59. The Morgan fingerprint density at radius 3 is 1.21 bits per heavy atom. The second-order valence-electron chi connectivity index (χ2n) is 6.24. The van der Waals surface area contributed by atoms with Gasteiger partial charge < -0.3 is 4.74 Å². The summed E-state index contributed by atoms with van der Waals surface area (Å²) in [5, 5.41) is 0. The molecule has 0 aliphatic rings. The summed E-state index contributed by atoms with van der Waals surface area (Å²) in [6.07, 6.45) is -12.3. The average molecular weight is 532 g/mol. The molecule has 0 aromatic carbocycles. The molecule has 0 fully saturated rings. The van der Waals surface area contributed by atoms with Crippen LogP contribution < -0.4 is 0 Å². The molecule has 0 rings (SSSR count). The number of ether oxygens (including phenoxy) is 1. The summed E-state index contributed by atoms with van der Waals surface area (Å²) < 4.78 is 226. The largest absolute Gasteiger partial charge is 0.466 e. The average Bonchev–Trinajstić information content (AvgIpc) is 2.63. The zero-order valence-electron chi connectivity index (χ0n) is 15.4. The molecular formula is C14H9F17O2. The van der Waals surface area contributed by atoms with Crippen molar-refractivity contribution in [3.8, 4) is 0 Å². The third-order valence-electron chi connectivity index (χ3n) is 4.00. The van der Waals surface area contributed by atoms with Crippen molar-refractivity contribution in [2.45, 2.75) is 60.5 Å². The van der Waals surface area contributed by atoms with Crippen molar-refractivity contribution in [2.75, 3.05) is 7.11 Å². The molecule has 2 nitrogen and oxygen atoms in total. The van der Waals surface area contributed by atoms with Crippen LogP contribution >= 0.6 is 0 Å². The monoisotopic (exact) mass is 532 g/mol. The van der Waals surface area contributed by atoms with Crippen molar-refractivity contribution in [3.63, 3.8) is 0 Å². The van der Waals surface area contributed by atoms with Crippen molar-refractivity contribution in [3.05, 3.63) is 12.2 Å². The van der Waals surface area contributed by atoms with Gasteiger partial charge in [0.15, 0.2) is 0 Å². The van der Waals surface area contributed by atoms with Crippen LogP contribution in [0.25, 0.3) is 0 Å². The lowest BCUT2D eigenvalue weighted by molar-refractivity contribution is -0.461. The van der Waals surface area contributed by atoms with E-state index in [4.69, 9.17) is 0 Å². The molecule has 0 spiro atoms. The van der Waals surface area contributed by atoms with E-state index < -0.39 is 72.0 Å². The first-order chi connectivity index (χ1) is 14.1. The van der Waals surface area contributed by atoms with Crippen molar-refractivity contribution in [1.29, 1.82) is 0 Å². The van der Waals surface area contributed by atoms with Gasteiger partial charge in [-0.3, -0.25) is 0 Å². The number of rotatable bonds is 10. The van der Waals surface area contributed by atoms with Gasteiger partial charge in [-0.15, -0.1) is 0 Å². The van der Waals surface area contributed by atoms with E-state index in [1.807, 2.05) is 0 Å². The second-order valence-corrected chi connectivity index (χ2v) is 6.24. The maximum atomic E-state index is 13.5. The number of hydrogen-bond acceptors (Lipinski definition) is 2. The van der Waals surface area contributed by atoms with Crippen LogP contribution in [0.4, 0.5) is 74.6 Å². The van der Waals surface area contributed by atoms with Crippen LogP contribution in [0.2, 0.25) is 0 Å². The number of carbonyl (C=O) groups excluding carboxylic acids is 1. The Hall–Kier alpha value is -1.98. The normalized spacial score (nSPS) is 15.5. The molecule has 0 saturated carbocycles. The van der Waals surface area contributed by atoms with Gasteiger partial charge in [-0.25, -0.2) is 4.79 Å². The Bertz CT molecular complexity index is 749. The lowest BCUT2D eigenvalue weighted by Crippen LogP contribution is -2.74. The Kier molecular flexibility index (Phi) is 7.85. The maximum absolute atomic E-state index is 13.5. The minimum absolute atomic E-state index is 0.577. The van der Waals surface area contributed by atoms with Gasteiger partial charge in [0.05, 0.1) is 7.11 Å². The third-order valence-corrected chi connectivity index (χ3v) is 4.00. The molecule has 33 heavy (non-hydrogen) atoms. The molecule has 0 bridgehead atoms. The highest BCUT2D eigenvalue weighted by molar-refractivity contribution is 5.87. The molecule has 196 valence electrons. The number of methoxy groups -OCH3 is 1. The van der Waals surface area contributed by atoms with Gasteiger partial charge in [0.1, 0.15) is 0 Å². The Balaban J connectivity index is 6.47. The number of hydrogen-bond donors (Lipinski definition) is 0. The summed E-state index contributed by atoms with van der Waals surface area (Å²) in [6, 6.07) is 0. The van der Waals surface area contributed by atoms with E-state index in [0.717, 1.165) is 0 Å². The van der Waals surface area contributed by atoms with Gasteiger partial charge in [0.25, 0.3) is 0 Å². The van der Waals surface area contributed by atoms with Gasteiger partial charge in [0, 0.05) is 12.0 Å². The van der Waals surface area contributed by atoms with E-state index >= 15 is 0 Å². The molecule has 0 N–H and O–H groups in total. The number of carbonyl (C=O) groups is 1. The molecule has 19 heteroatoms. The van der Waals surface area contributed by atoms with E-state index in [-0.39, 0.29) is 0 Å². The molecular weight excluding hydrogens is 523 g/mol. The minimum atomic E-state index is -8.67. The van der Waals surface area contributed by atoms with Gasteiger partial charge in [-0.2, -0.15) is 74.6 Å². The molecule has 0 atom stereocenters. The van der Waals surface area contributed by atoms with Gasteiger partial charge in [0.2, 0.25) is 0 Å². The first-order valence-corrected chi connectivity index (χ1v) is 7.59. The van der Waals surface area contributed by atoms with Crippen LogP contribution in [-0.2, 0) is 9.53 Å². The molecule has 0 aliphatic heterocycles. The van der Waals surface area contributed by atoms with Crippen molar-refractivity contribution in [1.82, 2.24) is 0 Å². The predicted molar refractivity (Wildman–Crippen MR) is 71.1 cm³/mol. The third kappa shape index (κ3) is 4.42. The fraction of sp³-hybridized carbons (Fsp3) is 0.786. The molecule has 0 radical (unpaired) electrons. The topological polar surface area (TPSA) is 26.3 Å².